The zero-order valence-electron chi connectivity index (χ0n) is 15.4. The fraction of sp³-hybridized carbons (Fsp3) is 0.550. The number of carbonyl (C=O) groups excluding carboxylic acids is 1. The van der Waals surface area contributed by atoms with E-state index in [-0.39, 0.29) is 11.9 Å². The second-order valence-corrected chi connectivity index (χ2v) is 6.92. The van der Waals surface area contributed by atoms with E-state index >= 15 is 0 Å². The Balaban J connectivity index is 1.79. The van der Waals surface area contributed by atoms with Crippen LogP contribution < -0.4 is 16.0 Å². The van der Waals surface area contributed by atoms with Crippen LogP contribution in [-0.4, -0.2) is 31.1 Å². The van der Waals surface area contributed by atoms with Crippen LogP contribution in [0.1, 0.15) is 55.6 Å². The van der Waals surface area contributed by atoms with Gasteiger partial charge >= 0.3 is 0 Å². The molecule has 0 aliphatic carbocycles. The molecule has 1 saturated heterocycles. The highest BCUT2D eigenvalue weighted by atomic mass is 16.3. The quantitative estimate of drug-likeness (QED) is 0.746. The third kappa shape index (κ3) is 3.98. The first-order chi connectivity index (χ1) is 12.1. The standard InChI is InChI=1S/C20H29N3O2/c1-4-14(5-2)22-16-6-7-17-13(3)19(25-18(17)12-16)20(24)23-15-8-10-21-11-9-15/h6-7,12,14-15,21-22H,4-5,8-11H2,1-3H3,(H,23,24). The summed E-state index contributed by atoms with van der Waals surface area (Å²) in [7, 11) is 0. The van der Waals surface area contributed by atoms with E-state index in [1.807, 2.05) is 19.1 Å². The lowest BCUT2D eigenvalue weighted by molar-refractivity contribution is 0.0902. The lowest BCUT2D eigenvalue weighted by Crippen LogP contribution is -2.42. The third-order valence-electron chi connectivity index (χ3n) is 5.18. The van der Waals surface area contributed by atoms with Crippen molar-refractivity contribution in [3.63, 3.8) is 0 Å². The predicted octanol–water partition coefficient (Wildman–Crippen LogP) is 3.82. The van der Waals surface area contributed by atoms with Crippen molar-refractivity contribution < 1.29 is 9.21 Å². The number of anilines is 1. The second-order valence-electron chi connectivity index (χ2n) is 6.92. The number of fused-ring (bicyclic) bond motifs is 1. The molecule has 0 unspecified atom stereocenters. The van der Waals surface area contributed by atoms with Crippen LogP contribution >= 0.6 is 0 Å². The maximum absolute atomic E-state index is 12.6. The highest BCUT2D eigenvalue weighted by Crippen LogP contribution is 2.28. The molecule has 0 radical (unpaired) electrons. The summed E-state index contributed by atoms with van der Waals surface area (Å²) in [6.07, 6.45) is 4.09. The van der Waals surface area contributed by atoms with Gasteiger partial charge in [-0.2, -0.15) is 0 Å². The molecule has 1 aliphatic rings. The fourth-order valence-corrected chi connectivity index (χ4v) is 3.48. The molecule has 3 rings (SSSR count). The molecular formula is C20H29N3O2. The van der Waals surface area contributed by atoms with Gasteiger partial charge in [-0.05, 0) is 57.8 Å². The number of piperidine rings is 1. The Hall–Kier alpha value is -2.01. The average molecular weight is 343 g/mol. The molecule has 25 heavy (non-hydrogen) atoms. The predicted molar refractivity (Wildman–Crippen MR) is 102 cm³/mol. The minimum absolute atomic E-state index is 0.102. The Morgan fingerprint density at radius 3 is 2.68 bits per heavy atom. The lowest BCUT2D eigenvalue weighted by Gasteiger charge is -2.23. The molecule has 5 nitrogen and oxygen atoms in total. The number of hydrogen-bond acceptors (Lipinski definition) is 4. The van der Waals surface area contributed by atoms with Gasteiger partial charge in [-0.1, -0.05) is 13.8 Å². The SMILES string of the molecule is CCC(CC)Nc1ccc2c(C)c(C(=O)NC3CCNCC3)oc2c1. The van der Waals surface area contributed by atoms with Crippen molar-refractivity contribution >= 4 is 22.6 Å². The van der Waals surface area contributed by atoms with Crippen molar-refractivity contribution in [1.82, 2.24) is 10.6 Å². The van der Waals surface area contributed by atoms with Gasteiger partial charge in [0.05, 0.1) is 0 Å². The summed E-state index contributed by atoms with van der Waals surface area (Å²) in [5, 5.41) is 11.0. The smallest absolute Gasteiger partial charge is 0.287 e. The van der Waals surface area contributed by atoms with E-state index in [2.05, 4.69) is 35.9 Å². The lowest BCUT2D eigenvalue weighted by atomic mass is 10.1. The zero-order chi connectivity index (χ0) is 17.8. The summed E-state index contributed by atoms with van der Waals surface area (Å²) in [4.78, 5) is 12.6. The van der Waals surface area contributed by atoms with E-state index < -0.39 is 0 Å². The highest BCUT2D eigenvalue weighted by molar-refractivity contribution is 5.99. The molecule has 3 N–H and O–H groups in total. The summed E-state index contributed by atoms with van der Waals surface area (Å²) in [5.41, 5.74) is 2.72. The van der Waals surface area contributed by atoms with Crippen LogP contribution in [0.2, 0.25) is 0 Å². The number of carbonyl (C=O) groups is 1. The van der Waals surface area contributed by atoms with Gasteiger partial charge in [0.1, 0.15) is 5.58 Å². The van der Waals surface area contributed by atoms with Gasteiger partial charge in [0.15, 0.2) is 5.76 Å². The third-order valence-corrected chi connectivity index (χ3v) is 5.18. The van der Waals surface area contributed by atoms with E-state index in [9.17, 15) is 4.79 Å². The van der Waals surface area contributed by atoms with E-state index in [4.69, 9.17) is 4.42 Å². The summed E-state index contributed by atoms with van der Waals surface area (Å²) in [6.45, 7) is 8.22. The van der Waals surface area contributed by atoms with Crippen molar-refractivity contribution in [2.75, 3.05) is 18.4 Å². The summed E-state index contributed by atoms with van der Waals surface area (Å²) in [6, 6.07) is 6.80. The van der Waals surface area contributed by atoms with Gasteiger partial charge in [-0.25, -0.2) is 0 Å². The molecule has 0 atom stereocenters. The molecule has 0 bridgehead atoms. The zero-order valence-corrected chi connectivity index (χ0v) is 15.4. The monoisotopic (exact) mass is 343 g/mol. The van der Waals surface area contributed by atoms with Crippen molar-refractivity contribution in [3.05, 3.63) is 29.5 Å². The average Bonchev–Trinajstić information content (AvgIpc) is 2.97. The van der Waals surface area contributed by atoms with Gasteiger partial charge in [0.2, 0.25) is 0 Å². The first-order valence-electron chi connectivity index (χ1n) is 9.43. The minimum Gasteiger partial charge on any atom is -0.451 e. The maximum atomic E-state index is 12.6. The van der Waals surface area contributed by atoms with Crippen LogP contribution in [0.4, 0.5) is 5.69 Å². The number of furan rings is 1. The van der Waals surface area contributed by atoms with E-state index in [0.29, 0.717) is 11.8 Å². The molecule has 2 aromatic rings. The first kappa shape index (κ1) is 17.8. The second kappa shape index (κ2) is 7.91. The van der Waals surface area contributed by atoms with Gasteiger partial charge < -0.3 is 20.4 Å². The normalized spacial score (nSPS) is 15.7. The molecular weight excluding hydrogens is 314 g/mol. The molecule has 1 aliphatic heterocycles. The molecule has 1 fully saturated rings. The minimum atomic E-state index is -0.102. The summed E-state index contributed by atoms with van der Waals surface area (Å²) < 4.78 is 5.92. The first-order valence-corrected chi connectivity index (χ1v) is 9.43. The van der Waals surface area contributed by atoms with Gasteiger partial charge in [0, 0.05) is 34.8 Å². The Morgan fingerprint density at radius 2 is 2.00 bits per heavy atom. The Bertz CT molecular complexity index is 728. The van der Waals surface area contributed by atoms with Gasteiger partial charge in [-0.3, -0.25) is 4.79 Å². The van der Waals surface area contributed by atoms with Gasteiger partial charge in [0.25, 0.3) is 5.91 Å². The van der Waals surface area contributed by atoms with Crippen molar-refractivity contribution in [1.29, 1.82) is 0 Å². The fourth-order valence-electron chi connectivity index (χ4n) is 3.48. The largest absolute Gasteiger partial charge is 0.451 e. The van der Waals surface area contributed by atoms with Crippen molar-refractivity contribution in [2.45, 2.75) is 58.5 Å². The van der Waals surface area contributed by atoms with Crippen LogP contribution in [-0.2, 0) is 0 Å². The van der Waals surface area contributed by atoms with Crippen LogP contribution in [0.25, 0.3) is 11.0 Å². The molecule has 0 saturated carbocycles. The molecule has 0 spiro atoms. The van der Waals surface area contributed by atoms with E-state index in [1.165, 1.54) is 0 Å². The van der Waals surface area contributed by atoms with Crippen LogP contribution in [0.15, 0.2) is 22.6 Å². The Labute approximate surface area is 149 Å². The molecule has 136 valence electrons. The van der Waals surface area contributed by atoms with Crippen LogP contribution in [0.5, 0.6) is 0 Å². The van der Waals surface area contributed by atoms with E-state index in [0.717, 1.165) is 61.0 Å². The van der Waals surface area contributed by atoms with Gasteiger partial charge in [-0.15, -0.1) is 0 Å². The summed E-state index contributed by atoms with van der Waals surface area (Å²) in [5.74, 6) is 0.336. The van der Waals surface area contributed by atoms with Crippen LogP contribution in [0.3, 0.4) is 0 Å². The number of hydrogen-bond donors (Lipinski definition) is 3. The number of rotatable bonds is 6. The molecule has 1 aromatic heterocycles. The topological polar surface area (TPSA) is 66.3 Å². The van der Waals surface area contributed by atoms with Crippen molar-refractivity contribution in [3.8, 4) is 0 Å². The highest BCUT2D eigenvalue weighted by Gasteiger charge is 2.22. The number of nitrogens with one attached hydrogen (secondary N) is 3. The molecule has 2 heterocycles. The van der Waals surface area contributed by atoms with Crippen LogP contribution in [0, 0.1) is 6.92 Å². The Morgan fingerprint density at radius 1 is 1.28 bits per heavy atom. The number of aryl methyl sites for hydroxylation is 1. The number of amides is 1. The summed E-state index contributed by atoms with van der Waals surface area (Å²) >= 11 is 0. The Kier molecular flexibility index (Phi) is 5.63. The molecule has 5 heteroatoms. The van der Waals surface area contributed by atoms with Crippen molar-refractivity contribution in [2.24, 2.45) is 0 Å². The maximum Gasteiger partial charge on any atom is 0.287 e. The molecule has 1 aromatic carbocycles. The molecule has 1 amide bonds. The number of benzene rings is 1. The van der Waals surface area contributed by atoms with E-state index in [1.54, 1.807) is 0 Å².